The smallest absolute Gasteiger partial charge is 0.141 e. The van der Waals surface area contributed by atoms with E-state index in [0.717, 1.165) is 22.9 Å². The molecular formula is C16H14BrCl2F. The van der Waals surface area contributed by atoms with Crippen molar-refractivity contribution in [1.82, 2.24) is 0 Å². The Morgan fingerprint density at radius 2 is 1.75 bits per heavy atom. The van der Waals surface area contributed by atoms with Crippen molar-refractivity contribution in [2.45, 2.75) is 12.8 Å². The number of hydrogen-bond acceptors (Lipinski definition) is 0. The van der Waals surface area contributed by atoms with Crippen molar-refractivity contribution in [3.05, 3.63) is 68.9 Å². The summed E-state index contributed by atoms with van der Waals surface area (Å²) < 4.78 is 14.2. The molecule has 0 aliphatic heterocycles. The molecule has 0 saturated heterocycles. The molecule has 0 amide bonds. The predicted molar refractivity (Wildman–Crippen MR) is 87.2 cm³/mol. The summed E-state index contributed by atoms with van der Waals surface area (Å²) in [6.07, 6.45) is 1.67. The van der Waals surface area contributed by atoms with E-state index in [-0.39, 0.29) is 10.8 Å². The van der Waals surface area contributed by atoms with Gasteiger partial charge in [-0.3, -0.25) is 0 Å². The standard InChI is InChI=1S/C16H14BrCl2F/c17-14-3-1-2-11(8-14)6-13(10-18)7-12-4-5-16(20)15(19)9-12/h1-5,8-9,13H,6-7,10H2. The highest BCUT2D eigenvalue weighted by molar-refractivity contribution is 9.10. The zero-order valence-corrected chi connectivity index (χ0v) is 13.8. The van der Waals surface area contributed by atoms with Gasteiger partial charge >= 0.3 is 0 Å². The van der Waals surface area contributed by atoms with Crippen LogP contribution in [0.3, 0.4) is 0 Å². The van der Waals surface area contributed by atoms with Crippen molar-refractivity contribution >= 4 is 39.1 Å². The molecule has 0 aromatic heterocycles. The first-order valence-corrected chi connectivity index (χ1v) is 8.03. The molecule has 106 valence electrons. The van der Waals surface area contributed by atoms with E-state index < -0.39 is 0 Å². The Bertz CT molecular complexity index is 586. The molecule has 0 aliphatic rings. The van der Waals surface area contributed by atoms with Crippen LogP contribution in [-0.2, 0) is 12.8 Å². The molecule has 1 unspecified atom stereocenters. The highest BCUT2D eigenvalue weighted by Gasteiger charge is 2.11. The van der Waals surface area contributed by atoms with Gasteiger partial charge in [-0.2, -0.15) is 0 Å². The molecule has 0 saturated carbocycles. The predicted octanol–water partition coefficient (Wildman–Crippen LogP) is 5.88. The third-order valence-electron chi connectivity index (χ3n) is 3.14. The van der Waals surface area contributed by atoms with Gasteiger partial charge in [0, 0.05) is 10.4 Å². The molecule has 0 bridgehead atoms. The summed E-state index contributed by atoms with van der Waals surface area (Å²) in [6.45, 7) is 0. The van der Waals surface area contributed by atoms with Crippen molar-refractivity contribution in [2.75, 3.05) is 5.88 Å². The fourth-order valence-electron chi connectivity index (χ4n) is 2.18. The average molecular weight is 376 g/mol. The second kappa shape index (κ2) is 7.44. The number of alkyl halides is 1. The third-order valence-corrected chi connectivity index (χ3v) is 4.36. The van der Waals surface area contributed by atoms with Gasteiger partial charge < -0.3 is 0 Å². The van der Waals surface area contributed by atoms with Gasteiger partial charge in [0.1, 0.15) is 5.82 Å². The Morgan fingerprint density at radius 1 is 1.05 bits per heavy atom. The number of benzene rings is 2. The van der Waals surface area contributed by atoms with Crippen molar-refractivity contribution < 1.29 is 4.39 Å². The molecule has 4 heteroatoms. The van der Waals surface area contributed by atoms with Crippen LogP contribution in [-0.4, -0.2) is 5.88 Å². The SMILES string of the molecule is Fc1ccc(CC(CCl)Cc2cccc(Br)c2)cc1Cl. The summed E-state index contributed by atoms with van der Waals surface area (Å²) in [5, 5.41) is 0.165. The van der Waals surface area contributed by atoms with E-state index in [1.165, 1.54) is 11.6 Å². The van der Waals surface area contributed by atoms with E-state index in [4.69, 9.17) is 23.2 Å². The van der Waals surface area contributed by atoms with Gasteiger partial charge in [0.15, 0.2) is 0 Å². The molecule has 2 aromatic rings. The van der Waals surface area contributed by atoms with E-state index in [0.29, 0.717) is 11.8 Å². The molecule has 20 heavy (non-hydrogen) atoms. The molecule has 0 N–H and O–H groups in total. The van der Waals surface area contributed by atoms with E-state index >= 15 is 0 Å². The Balaban J connectivity index is 2.07. The van der Waals surface area contributed by atoms with E-state index in [1.54, 1.807) is 12.1 Å². The summed E-state index contributed by atoms with van der Waals surface area (Å²) in [6, 6.07) is 13.0. The second-order valence-electron chi connectivity index (χ2n) is 4.81. The Labute approximate surface area is 137 Å². The van der Waals surface area contributed by atoms with Crippen molar-refractivity contribution in [2.24, 2.45) is 5.92 Å². The van der Waals surface area contributed by atoms with Gasteiger partial charge in [-0.15, -0.1) is 11.6 Å². The number of hydrogen-bond donors (Lipinski definition) is 0. The summed E-state index contributed by atoms with van der Waals surface area (Å²) >= 11 is 15.3. The third kappa shape index (κ3) is 4.47. The van der Waals surface area contributed by atoms with E-state index in [2.05, 4.69) is 28.1 Å². The lowest BCUT2D eigenvalue weighted by Gasteiger charge is -2.14. The van der Waals surface area contributed by atoms with Crippen molar-refractivity contribution in [3.8, 4) is 0 Å². The Morgan fingerprint density at radius 3 is 2.35 bits per heavy atom. The first-order valence-electron chi connectivity index (χ1n) is 6.33. The molecular weight excluding hydrogens is 362 g/mol. The zero-order valence-electron chi connectivity index (χ0n) is 10.8. The van der Waals surface area contributed by atoms with Gasteiger partial charge in [-0.25, -0.2) is 4.39 Å². The van der Waals surface area contributed by atoms with Gasteiger partial charge in [0.25, 0.3) is 0 Å². The van der Waals surface area contributed by atoms with Crippen LogP contribution < -0.4 is 0 Å². The lowest BCUT2D eigenvalue weighted by Crippen LogP contribution is -2.10. The van der Waals surface area contributed by atoms with E-state index in [9.17, 15) is 4.39 Å². The fourth-order valence-corrected chi connectivity index (χ4v) is 3.05. The zero-order chi connectivity index (χ0) is 14.5. The summed E-state index contributed by atoms with van der Waals surface area (Å²) in [7, 11) is 0. The molecule has 2 rings (SSSR count). The molecule has 0 nitrogen and oxygen atoms in total. The number of halogens is 4. The van der Waals surface area contributed by atoms with Gasteiger partial charge in [-0.1, -0.05) is 45.7 Å². The molecule has 0 heterocycles. The van der Waals surface area contributed by atoms with E-state index in [1.807, 2.05) is 12.1 Å². The van der Waals surface area contributed by atoms with Crippen LogP contribution >= 0.6 is 39.1 Å². The topological polar surface area (TPSA) is 0 Å². The monoisotopic (exact) mass is 374 g/mol. The largest absolute Gasteiger partial charge is 0.205 e. The summed E-state index contributed by atoms with van der Waals surface area (Å²) in [5.74, 6) is 0.471. The van der Waals surface area contributed by atoms with Gasteiger partial charge in [-0.05, 0) is 54.2 Å². The normalized spacial score (nSPS) is 12.4. The second-order valence-corrected chi connectivity index (χ2v) is 6.44. The molecule has 1 atom stereocenters. The Hall–Kier alpha value is -0.570. The summed E-state index contributed by atoms with van der Waals surface area (Å²) in [5.41, 5.74) is 2.25. The maximum atomic E-state index is 13.1. The van der Waals surface area contributed by atoms with Crippen molar-refractivity contribution in [1.29, 1.82) is 0 Å². The van der Waals surface area contributed by atoms with Gasteiger partial charge in [0.05, 0.1) is 5.02 Å². The van der Waals surface area contributed by atoms with Crippen LogP contribution in [0.25, 0.3) is 0 Å². The van der Waals surface area contributed by atoms with Crippen LogP contribution in [0.2, 0.25) is 5.02 Å². The van der Waals surface area contributed by atoms with Crippen LogP contribution in [0, 0.1) is 11.7 Å². The first-order chi connectivity index (χ1) is 9.58. The quantitative estimate of drug-likeness (QED) is 0.572. The maximum Gasteiger partial charge on any atom is 0.141 e. The van der Waals surface area contributed by atoms with Gasteiger partial charge in [0.2, 0.25) is 0 Å². The molecule has 0 radical (unpaired) electrons. The molecule has 0 fully saturated rings. The molecule has 2 aromatic carbocycles. The molecule has 0 aliphatic carbocycles. The number of rotatable bonds is 5. The maximum absolute atomic E-state index is 13.1. The lowest BCUT2D eigenvalue weighted by molar-refractivity contribution is 0.581. The Kier molecular flexibility index (Phi) is 5.88. The fraction of sp³-hybridized carbons (Fsp3) is 0.250. The highest BCUT2D eigenvalue weighted by atomic mass is 79.9. The first kappa shape index (κ1) is 15.8. The van der Waals surface area contributed by atoms with Crippen LogP contribution in [0.4, 0.5) is 4.39 Å². The molecule has 0 spiro atoms. The minimum absolute atomic E-state index is 0.165. The summed E-state index contributed by atoms with van der Waals surface area (Å²) in [4.78, 5) is 0. The minimum Gasteiger partial charge on any atom is -0.205 e. The van der Waals surface area contributed by atoms with Crippen molar-refractivity contribution in [3.63, 3.8) is 0 Å². The average Bonchev–Trinajstić information content (AvgIpc) is 2.42. The van der Waals surface area contributed by atoms with Crippen LogP contribution in [0.1, 0.15) is 11.1 Å². The van der Waals surface area contributed by atoms with Crippen LogP contribution in [0.5, 0.6) is 0 Å². The minimum atomic E-state index is -0.384. The van der Waals surface area contributed by atoms with Crippen LogP contribution in [0.15, 0.2) is 46.9 Å². The highest BCUT2D eigenvalue weighted by Crippen LogP contribution is 2.22. The lowest BCUT2D eigenvalue weighted by atomic mass is 9.94.